The number of hydrogen-bond acceptors (Lipinski definition) is 2. The van der Waals surface area contributed by atoms with Crippen LogP contribution in [-0.2, 0) is 13.6 Å². The van der Waals surface area contributed by atoms with E-state index in [0.29, 0.717) is 6.54 Å². The van der Waals surface area contributed by atoms with Gasteiger partial charge in [0.05, 0.1) is 0 Å². The Kier molecular flexibility index (Phi) is 2.04. The maximum absolute atomic E-state index is 5.25. The molecule has 2 rings (SSSR count). The average molecular weight is 175 g/mol. The monoisotopic (exact) mass is 175 g/mol. The average Bonchev–Trinajstić information content (AvgIpc) is 2.48. The van der Waals surface area contributed by atoms with Gasteiger partial charge in [0.2, 0.25) is 0 Å². The number of hydrazine groups is 1. The molecule has 2 aromatic rings. The van der Waals surface area contributed by atoms with E-state index in [-0.39, 0.29) is 0 Å². The Hall–Kier alpha value is -1.32. The van der Waals surface area contributed by atoms with E-state index >= 15 is 0 Å². The first kappa shape index (κ1) is 8.29. The van der Waals surface area contributed by atoms with Crippen molar-refractivity contribution in [2.24, 2.45) is 12.9 Å². The summed E-state index contributed by atoms with van der Waals surface area (Å²) in [7, 11) is 2.04. The third-order valence-corrected chi connectivity index (χ3v) is 2.26. The van der Waals surface area contributed by atoms with Crippen molar-refractivity contribution >= 4 is 10.9 Å². The molecule has 0 fully saturated rings. The van der Waals surface area contributed by atoms with E-state index in [1.807, 2.05) is 7.05 Å². The zero-order valence-electron chi connectivity index (χ0n) is 7.62. The highest BCUT2D eigenvalue weighted by Gasteiger charge is 1.98. The number of benzene rings is 1. The lowest BCUT2D eigenvalue weighted by molar-refractivity contribution is 0.742. The van der Waals surface area contributed by atoms with E-state index in [9.17, 15) is 0 Å². The summed E-state index contributed by atoms with van der Waals surface area (Å²) in [5.74, 6) is 5.25. The van der Waals surface area contributed by atoms with Crippen LogP contribution in [0.4, 0.5) is 0 Å². The lowest BCUT2D eigenvalue weighted by Crippen LogP contribution is -2.20. The van der Waals surface area contributed by atoms with Crippen molar-refractivity contribution in [3.63, 3.8) is 0 Å². The molecule has 13 heavy (non-hydrogen) atoms. The molecule has 3 heteroatoms. The Morgan fingerprint density at radius 2 is 2.23 bits per heavy atom. The molecule has 1 aromatic carbocycles. The number of aryl methyl sites for hydroxylation is 1. The highest BCUT2D eigenvalue weighted by Crippen LogP contribution is 2.16. The highest BCUT2D eigenvalue weighted by atomic mass is 15.2. The summed E-state index contributed by atoms with van der Waals surface area (Å²) in [5, 5.41) is 1.26. The van der Waals surface area contributed by atoms with Gasteiger partial charge in [0.15, 0.2) is 0 Å². The number of hydrogen-bond donors (Lipinski definition) is 2. The predicted molar refractivity (Wildman–Crippen MR) is 53.9 cm³/mol. The summed E-state index contributed by atoms with van der Waals surface area (Å²) in [5.41, 5.74) is 5.11. The topological polar surface area (TPSA) is 43.0 Å². The van der Waals surface area contributed by atoms with Crippen LogP contribution in [0.1, 0.15) is 5.56 Å². The van der Waals surface area contributed by atoms with Crippen LogP contribution in [0.2, 0.25) is 0 Å². The Labute approximate surface area is 77.1 Å². The molecule has 0 atom stereocenters. The fraction of sp³-hybridized carbons (Fsp3) is 0.200. The summed E-state index contributed by atoms with van der Waals surface area (Å²) in [6, 6.07) is 8.45. The van der Waals surface area contributed by atoms with Gasteiger partial charge in [0.25, 0.3) is 0 Å². The molecule has 0 bridgehead atoms. The number of nitrogens with two attached hydrogens (primary N) is 1. The minimum atomic E-state index is 0.713. The third-order valence-electron chi connectivity index (χ3n) is 2.26. The lowest BCUT2D eigenvalue weighted by Gasteiger charge is -2.00. The normalized spacial score (nSPS) is 10.9. The second-order valence-electron chi connectivity index (χ2n) is 3.20. The molecular formula is C10H13N3. The van der Waals surface area contributed by atoms with Crippen LogP contribution in [-0.4, -0.2) is 4.57 Å². The lowest BCUT2D eigenvalue weighted by atomic mass is 10.1. The molecule has 3 nitrogen and oxygen atoms in total. The van der Waals surface area contributed by atoms with Gasteiger partial charge in [-0.05, 0) is 29.1 Å². The van der Waals surface area contributed by atoms with Gasteiger partial charge in [-0.3, -0.25) is 11.3 Å². The molecule has 0 aliphatic rings. The summed E-state index contributed by atoms with van der Waals surface area (Å²) >= 11 is 0. The van der Waals surface area contributed by atoms with E-state index in [0.717, 1.165) is 0 Å². The first-order valence-corrected chi connectivity index (χ1v) is 4.28. The molecule has 68 valence electrons. The van der Waals surface area contributed by atoms with E-state index in [2.05, 4.69) is 40.5 Å². The first-order chi connectivity index (χ1) is 6.31. The van der Waals surface area contributed by atoms with Crippen molar-refractivity contribution in [2.45, 2.75) is 6.54 Å². The second-order valence-corrected chi connectivity index (χ2v) is 3.20. The van der Waals surface area contributed by atoms with E-state index in [1.54, 1.807) is 0 Å². The first-order valence-electron chi connectivity index (χ1n) is 4.28. The number of nitrogens with zero attached hydrogens (tertiary/aromatic N) is 1. The van der Waals surface area contributed by atoms with Crippen LogP contribution in [0, 0.1) is 0 Å². The Bertz CT molecular complexity index is 417. The van der Waals surface area contributed by atoms with Gasteiger partial charge in [-0.1, -0.05) is 6.07 Å². The molecular weight excluding hydrogens is 162 g/mol. The largest absolute Gasteiger partial charge is 0.351 e. The quantitative estimate of drug-likeness (QED) is 0.531. The predicted octanol–water partition coefficient (Wildman–Crippen LogP) is 1.14. The standard InChI is InChI=1S/C10H13N3/c1-13-5-4-9-6-8(7-12-11)2-3-10(9)13/h2-6,12H,7,11H2,1H3. The minimum Gasteiger partial charge on any atom is -0.351 e. The summed E-state index contributed by atoms with van der Waals surface area (Å²) in [6.07, 6.45) is 2.06. The van der Waals surface area contributed by atoms with Crippen LogP contribution < -0.4 is 11.3 Å². The molecule has 0 aliphatic heterocycles. The molecule has 1 heterocycles. The van der Waals surface area contributed by atoms with Gasteiger partial charge in [0, 0.05) is 25.3 Å². The Balaban J connectivity index is 2.50. The molecule has 0 spiro atoms. The zero-order chi connectivity index (χ0) is 9.26. The van der Waals surface area contributed by atoms with Crippen LogP contribution >= 0.6 is 0 Å². The van der Waals surface area contributed by atoms with Crippen LogP contribution in [0.15, 0.2) is 30.5 Å². The zero-order valence-corrected chi connectivity index (χ0v) is 7.62. The van der Waals surface area contributed by atoms with Crippen molar-refractivity contribution in [1.82, 2.24) is 9.99 Å². The van der Waals surface area contributed by atoms with Crippen molar-refractivity contribution in [3.8, 4) is 0 Å². The van der Waals surface area contributed by atoms with Gasteiger partial charge >= 0.3 is 0 Å². The maximum atomic E-state index is 5.25. The number of nitrogens with one attached hydrogen (secondary N) is 1. The molecule has 0 aliphatic carbocycles. The summed E-state index contributed by atoms with van der Waals surface area (Å²) in [4.78, 5) is 0. The van der Waals surface area contributed by atoms with Crippen molar-refractivity contribution in [2.75, 3.05) is 0 Å². The van der Waals surface area contributed by atoms with Crippen LogP contribution in [0.3, 0.4) is 0 Å². The maximum Gasteiger partial charge on any atom is 0.0477 e. The van der Waals surface area contributed by atoms with E-state index in [4.69, 9.17) is 5.84 Å². The minimum absolute atomic E-state index is 0.713. The van der Waals surface area contributed by atoms with Crippen LogP contribution in [0.5, 0.6) is 0 Å². The SMILES string of the molecule is Cn1ccc2cc(CNN)ccc21. The van der Waals surface area contributed by atoms with Crippen molar-refractivity contribution < 1.29 is 0 Å². The van der Waals surface area contributed by atoms with Gasteiger partial charge in [-0.15, -0.1) is 0 Å². The smallest absolute Gasteiger partial charge is 0.0477 e. The van der Waals surface area contributed by atoms with Gasteiger partial charge in [-0.25, -0.2) is 0 Å². The number of rotatable bonds is 2. The van der Waals surface area contributed by atoms with Gasteiger partial charge < -0.3 is 4.57 Å². The van der Waals surface area contributed by atoms with Crippen molar-refractivity contribution in [1.29, 1.82) is 0 Å². The van der Waals surface area contributed by atoms with Crippen molar-refractivity contribution in [3.05, 3.63) is 36.0 Å². The molecule has 0 amide bonds. The molecule has 0 saturated carbocycles. The molecule has 0 saturated heterocycles. The van der Waals surface area contributed by atoms with Gasteiger partial charge in [-0.2, -0.15) is 0 Å². The highest BCUT2D eigenvalue weighted by molar-refractivity contribution is 5.80. The Morgan fingerprint density at radius 1 is 1.38 bits per heavy atom. The second kappa shape index (κ2) is 3.20. The Morgan fingerprint density at radius 3 is 3.00 bits per heavy atom. The van der Waals surface area contributed by atoms with Gasteiger partial charge in [0.1, 0.15) is 0 Å². The summed E-state index contributed by atoms with van der Waals surface area (Å²) in [6.45, 7) is 0.713. The molecule has 1 aromatic heterocycles. The molecule has 0 unspecified atom stereocenters. The fourth-order valence-electron chi connectivity index (χ4n) is 1.56. The van der Waals surface area contributed by atoms with Crippen LogP contribution in [0.25, 0.3) is 10.9 Å². The summed E-state index contributed by atoms with van der Waals surface area (Å²) < 4.78 is 2.11. The molecule has 0 radical (unpaired) electrons. The van der Waals surface area contributed by atoms with E-state index in [1.165, 1.54) is 16.5 Å². The third kappa shape index (κ3) is 1.43. The molecule has 3 N–H and O–H groups in total. The fourth-order valence-corrected chi connectivity index (χ4v) is 1.56. The number of aromatic nitrogens is 1. The van der Waals surface area contributed by atoms with E-state index < -0.39 is 0 Å². The number of fused-ring (bicyclic) bond motifs is 1.